The molecule has 0 aliphatic rings. The number of benzene rings is 1. The lowest BCUT2D eigenvalue weighted by Crippen LogP contribution is -2.29. The van der Waals surface area contributed by atoms with Crippen LogP contribution in [0.5, 0.6) is 0 Å². The van der Waals surface area contributed by atoms with Crippen LogP contribution in [0.15, 0.2) is 12.1 Å². The summed E-state index contributed by atoms with van der Waals surface area (Å²) in [5, 5.41) is 0. The maximum absolute atomic E-state index is 12.7. The normalized spacial score (nSPS) is 10.1. The van der Waals surface area contributed by atoms with E-state index in [9.17, 15) is 22.8 Å². The third kappa shape index (κ3) is 3.45. The first-order valence-electron chi connectivity index (χ1n) is 4.26. The van der Waals surface area contributed by atoms with E-state index in [4.69, 9.17) is 5.73 Å². The summed E-state index contributed by atoms with van der Waals surface area (Å²) in [6.45, 7) is -0.599. The van der Waals surface area contributed by atoms with Crippen LogP contribution in [0.2, 0.25) is 0 Å². The lowest BCUT2D eigenvalue weighted by atomic mass is 10.2. The van der Waals surface area contributed by atoms with E-state index in [0.717, 1.165) is 0 Å². The number of rotatable bonds is 4. The fraction of sp³-hybridized carbons (Fsp3) is 0.111. The van der Waals surface area contributed by atoms with Gasteiger partial charge in [-0.3, -0.25) is 14.4 Å². The molecule has 17 heavy (non-hydrogen) atoms. The number of amides is 2. The van der Waals surface area contributed by atoms with Crippen molar-refractivity contribution in [2.75, 3.05) is 6.61 Å². The van der Waals surface area contributed by atoms with Crippen molar-refractivity contribution in [1.29, 1.82) is 0 Å². The van der Waals surface area contributed by atoms with Crippen molar-refractivity contribution >= 4 is 11.8 Å². The summed E-state index contributed by atoms with van der Waals surface area (Å²) < 4.78 is 38.0. The van der Waals surface area contributed by atoms with Gasteiger partial charge < -0.3 is 5.73 Å². The van der Waals surface area contributed by atoms with Crippen LogP contribution in [0, 0.1) is 17.5 Å². The van der Waals surface area contributed by atoms with E-state index in [1.807, 2.05) is 0 Å². The molecule has 0 bridgehead atoms. The third-order valence-corrected chi connectivity index (χ3v) is 1.63. The molecular weight excluding hydrogens is 241 g/mol. The highest BCUT2D eigenvalue weighted by Crippen LogP contribution is 2.13. The van der Waals surface area contributed by atoms with Crippen molar-refractivity contribution in [2.24, 2.45) is 5.73 Å². The molecule has 5 nitrogen and oxygen atoms in total. The van der Waals surface area contributed by atoms with Gasteiger partial charge in [0.05, 0.1) is 0 Å². The number of nitrogens with two attached hydrogens (primary N) is 1. The first-order chi connectivity index (χ1) is 7.91. The molecule has 0 unspecified atom stereocenters. The van der Waals surface area contributed by atoms with Crippen molar-refractivity contribution in [1.82, 2.24) is 5.48 Å². The average Bonchev–Trinajstić information content (AvgIpc) is 2.24. The Morgan fingerprint density at radius 2 is 1.76 bits per heavy atom. The summed E-state index contributed by atoms with van der Waals surface area (Å²) in [5.74, 6) is -6.58. The molecule has 0 saturated heterocycles. The van der Waals surface area contributed by atoms with Gasteiger partial charge in [0.2, 0.25) is 5.91 Å². The van der Waals surface area contributed by atoms with Crippen molar-refractivity contribution in [3.63, 3.8) is 0 Å². The predicted molar refractivity (Wildman–Crippen MR) is 48.9 cm³/mol. The number of halogens is 3. The minimum absolute atomic E-state index is 0.487. The van der Waals surface area contributed by atoms with Gasteiger partial charge in [-0.2, -0.15) is 0 Å². The highest BCUT2D eigenvalue weighted by atomic mass is 19.2. The zero-order valence-electron chi connectivity index (χ0n) is 8.30. The Kier molecular flexibility index (Phi) is 4.05. The topological polar surface area (TPSA) is 81.4 Å². The van der Waals surface area contributed by atoms with Crippen molar-refractivity contribution < 1.29 is 27.6 Å². The lowest BCUT2D eigenvalue weighted by Gasteiger charge is -2.05. The largest absolute Gasteiger partial charge is 0.368 e. The molecule has 0 aliphatic carbocycles. The molecule has 0 aliphatic heterocycles. The number of hydrogen-bond acceptors (Lipinski definition) is 3. The molecule has 0 saturated carbocycles. The second-order valence-corrected chi connectivity index (χ2v) is 2.94. The number of nitrogens with one attached hydrogen (secondary N) is 1. The fourth-order valence-corrected chi connectivity index (χ4v) is 0.918. The van der Waals surface area contributed by atoms with E-state index in [1.54, 1.807) is 5.48 Å². The molecule has 92 valence electrons. The monoisotopic (exact) mass is 248 g/mol. The van der Waals surface area contributed by atoms with Gasteiger partial charge in [0.15, 0.2) is 24.1 Å². The summed E-state index contributed by atoms with van der Waals surface area (Å²) in [6, 6.07) is 0.975. The molecule has 0 radical (unpaired) electrons. The van der Waals surface area contributed by atoms with Crippen LogP contribution < -0.4 is 11.2 Å². The van der Waals surface area contributed by atoms with Crippen LogP contribution in [0.1, 0.15) is 10.4 Å². The Hall–Kier alpha value is -2.09. The quantitative estimate of drug-likeness (QED) is 0.592. The van der Waals surface area contributed by atoms with E-state index in [2.05, 4.69) is 4.84 Å². The Balaban J connectivity index is 2.73. The maximum atomic E-state index is 12.7. The minimum atomic E-state index is -1.68. The molecular formula is C9H7F3N2O3. The van der Waals surface area contributed by atoms with Crippen molar-refractivity contribution in [3.8, 4) is 0 Å². The van der Waals surface area contributed by atoms with E-state index in [-0.39, 0.29) is 0 Å². The van der Waals surface area contributed by atoms with Crippen LogP contribution in [0.4, 0.5) is 13.2 Å². The highest BCUT2D eigenvalue weighted by Gasteiger charge is 2.15. The molecule has 8 heteroatoms. The number of hydroxylamine groups is 1. The summed E-state index contributed by atoms with van der Waals surface area (Å²) in [6.07, 6.45) is 0. The van der Waals surface area contributed by atoms with Crippen molar-refractivity contribution in [2.45, 2.75) is 0 Å². The fourth-order valence-electron chi connectivity index (χ4n) is 0.918. The van der Waals surface area contributed by atoms with E-state index >= 15 is 0 Å². The van der Waals surface area contributed by atoms with Gasteiger partial charge in [0.1, 0.15) is 0 Å². The summed E-state index contributed by atoms with van der Waals surface area (Å²) in [4.78, 5) is 25.8. The van der Waals surface area contributed by atoms with E-state index < -0.39 is 41.4 Å². The second kappa shape index (κ2) is 5.30. The van der Waals surface area contributed by atoms with E-state index in [1.165, 1.54) is 0 Å². The van der Waals surface area contributed by atoms with Gasteiger partial charge in [0, 0.05) is 5.56 Å². The van der Waals surface area contributed by atoms with Gasteiger partial charge >= 0.3 is 0 Å². The van der Waals surface area contributed by atoms with Gasteiger partial charge in [-0.1, -0.05) is 0 Å². The standard InChI is InChI=1S/C9H7F3N2O3/c10-5-1-4(2-6(11)8(5)12)9(16)14-17-3-7(13)15/h1-2H,3H2,(H2,13,15)(H,14,16). The van der Waals surface area contributed by atoms with Crippen LogP contribution >= 0.6 is 0 Å². The molecule has 0 fully saturated rings. The Labute approximate surface area is 93.3 Å². The highest BCUT2D eigenvalue weighted by molar-refractivity contribution is 5.93. The number of carbonyl (C=O) groups is 2. The first-order valence-corrected chi connectivity index (χ1v) is 4.26. The molecule has 0 heterocycles. The zero-order valence-corrected chi connectivity index (χ0v) is 8.30. The van der Waals surface area contributed by atoms with Crippen LogP contribution in [0.25, 0.3) is 0 Å². The molecule has 3 N–H and O–H groups in total. The third-order valence-electron chi connectivity index (χ3n) is 1.63. The predicted octanol–water partition coefficient (Wildman–Crippen LogP) is 0.251. The zero-order chi connectivity index (χ0) is 13.0. The Morgan fingerprint density at radius 1 is 1.24 bits per heavy atom. The molecule has 0 atom stereocenters. The molecule has 0 spiro atoms. The van der Waals surface area contributed by atoms with Crippen LogP contribution in [-0.4, -0.2) is 18.4 Å². The molecule has 0 aromatic heterocycles. The maximum Gasteiger partial charge on any atom is 0.275 e. The second-order valence-electron chi connectivity index (χ2n) is 2.94. The smallest absolute Gasteiger partial charge is 0.275 e. The SMILES string of the molecule is NC(=O)CONC(=O)c1cc(F)c(F)c(F)c1. The number of hydrogen-bond donors (Lipinski definition) is 2. The summed E-state index contributed by atoms with van der Waals surface area (Å²) in [7, 11) is 0. The Morgan fingerprint density at radius 3 is 2.24 bits per heavy atom. The van der Waals surface area contributed by atoms with Gasteiger partial charge in [-0.15, -0.1) is 0 Å². The van der Waals surface area contributed by atoms with Crippen molar-refractivity contribution in [3.05, 3.63) is 35.1 Å². The number of primary amides is 1. The first kappa shape index (κ1) is 13.0. The molecule has 1 rings (SSSR count). The molecule has 2 amide bonds. The van der Waals surface area contributed by atoms with Crippen LogP contribution in [-0.2, 0) is 9.63 Å². The summed E-state index contributed by atoms with van der Waals surface area (Å²) >= 11 is 0. The lowest BCUT2D eigenvalue weighted by molar-refractivity contribution is -0.124. The number of carbonyl (C=O) groups excluding carboxylic acids is 2. The average molecular weight is 248 g/mol. The summed E-state index contributed by atoms with van der Waals surface area (Å²) in [5.41, 5.74) is 5.91. The van der Waals surface area contributed by atoms with E-state index in [0.29, 0.717) is 12.1 Å². The molecule has 1 aromatic carbocycles. The Bertz CT molecular complexity index is 442. The van der Waals surface area contributed by atoms with Gasteiger partial charge in [-0.25, -0.2) is 18.7 Å². The molecule has 1 aromatic rings. The van der Waals surface area contributed by atoms with Gasteiger partial charge in [0.25, 0.3) is 5.91 Å². The van der Waals surface area contributed by atoms with Crippen LogP contribution in [0.3, 0.4) is 0 Å². The minimum Gasteiger partial charge on any atom is -0.368 e. The van der Waals surface area contributed by atoms with Gasteiger partial charge in [-0.05, 0) is 12.1 Å².